The molecule has 0 aromatic rings. The highest BCUT2D eigenvalue weighted by Gasteiger charge is 2.28. The number of nitrogens with two attached hydrogens (primary N) is 1. The Bertz CT molecular complexity index is 400. The van der Waals surface area contributed by atoms with Crippen molar-refractivity contribution in [1.82, 2.24) is 9.62 Å². The molecule has 0 bridgehead atoms. The van der Waals surface area contributed by atoms with Crippen molar-refractivity contribution in [3.8, 4) is 0 Å². The molecule has 0 aliphatic carbocycles. The maximum Gasteiger partial charge on any atom is 0.226 e. The van der Waals surface area contributed by atoms with Crippen LogP contribution in [0.15, 0.2) is 0 Å². The minimum atomic E-state index is -3.16. The van der Waals surface area contributed by atoms with E-state index >= 15 is 0 Å². The van der Waals surface area contributed by atoms with Gasteiger partial charge in [-0.2, -0.15) is 0 Å². The Morgan fingerprint density at radius 2 is 1.89 bits per heavy atom. The molecule has 6 nitrogen and oxygen atoms in total. The molecule has 0 saturated carbocycles. The standard InChI is InChI=1S/C12H25N3O3S/c1-4-19(17,18)14-11-5-7-15(8-6-11)12(16)9(2)10(3)13/h9-11,14H,4-8,13H2,1-3H3. The zero-order valence-electron chi connectivity index (χ0n) is 11.9. The fourth-order valence-corrected chi connectivity index (χ4v) is 2.98. The summed E-state index contributed by atoms with van der Waals surface area (Å²) in [6, 6.07) is -0.219. The van der Waals surface area contributed by atoms with E-state index in [1.165, 1.54) is 0 Å². The molecular weight excluding hydrogens is 266 g/mol. The van der Waals surface area contributed by atoms with Gasteiger partial charge in [-0.15, -0.1) is 0 Å². The molecular formula is C12H25N3O3S. The Morgan fingerprint density at radius 3 is 2.32 bits per heavy atom. The molecule has 1 saturated heterocycles. The third-order valence-corrected chi connectivity index (χ3v) is 5.16. The van der Waals surface area contributed by atoms with E-state index in [2.05, 4.69) is 4.72 Å². The van der Waals surface area contributed by atoms with E-state index < -0.39 is 10.0 Å². The smallest absolute Gasteiger partial charge is 0.226 e. The van der Waals surface area contributed by atoms with Crippen LogP contribution in [0.4, 0.5) is 0 Å². The maximum absolute atomic E-state index is 12.1. The predicted octanol–water partition coefficient (Wildman–Crippen LogP) is -0.1000. The molecule has 0 aromatic carbocycles. The molecule has 1 fully saturated rings. The van der Waals surface area contributed by atoms with Gasteiger partial charge in [0.05, 0.1) is 11.7 Å². The summed E-state index contributed by atoms with van der Waals surface area (Å²) in [5.74, 6) is -0.0379. The van der Waals surface area contributed by atoms with Crippen molar-refractivity contribution < 1.29 is 13.2 Å². The summed E-state index contributed by atoms with van der Waals surface area (Å²) in [5, 5.41) is 0. The van der Waals surface area contributed by atoms with E-state index in [9.17, 15) is 13.2 Å². The summed E-state index contributed by atoms with van der Waals surface area (Å²) in [4.78, 5) is 13.9. The van der Waals surface area contributed by atoms with Gasteiger partial charge in [-0.1, -0.05) is 6.92 Å². The van der Waals surface area contributed by atoms with Crippen LogP contribution in [0.2, 0.25) is 0 Å². The largest absolute Gasteiger partial charge is 0.342 e. The van der Waals surface area contributed by atoms with E-state index in [1.54, 1.807) is 11.8 Å². The van der Waals surface area contributed by atoms with Crippen LogP contribution in [0.3, 0.4) is 0 Å². The SMILES string of the molecule is CCS(=O)(=O)NC1CCN(C(=O)C(C)C(C)N)CC1. The first kappa shape index (κ1) is 16.4. The van der Waals surface area contributed by atoms with Crippen molar-refractivity contribution in [2.75, 3.05) is 18.8 Å². The highest BCUT2D eigenvalue weighted by Crippen LogP contribution is 2.15. The fourth-order valence-electron chi connectivity index (χ4n) is 2.07. The van der Waals surface area contributed by atoms with Crippen molar-refractivity contribution >= 4 is 15.9 Å². The van der Waals surface area contributed by atoms with Gasteiger partial charge < -0.3 is 10.6 Å². The summed E-state index contributed by atoms with van der Waals surface area (Å²) in [6.45, 7) is 6.45. The Kier molecular flexibility index (Phi) is 5.76. The number of likely N-dealkylation sites (tertiary alicyclic amines) is 1. The molecule has 0 aromatic heterocycles. The average Bonchev–Trinajstić information content (AvgIpc) is 2.37. The van der Waals surface area contributed by atoms with Crippen LogP contribution < -0.4 is 10.5 Å². The van der Waals surface area contributed by atoms with Gasteiger partial charge in [-0.05, 0) is 26.7 Å². The molecule has 1 aliphatic heterocycles. The van der Waals surface area contributed by atoms with Gasteiger partial charge in [0, 0.05) is 25.2 Å². The molecule has 1 heterocycles. The van der Waals surface area contributed by atoms with Crippen LogP contribution in [0.5, 0.6) is 0 Å². The number of rotatable bonds is 5. The Balaban J connectivity index is 2.47. The molecule has 1 amide bonds. The summed E-state index contributed by atoms with van der Waals surface area (Å²) in [6.07, 6.45) is 1.33. The Labute approximate surface area is 115 Å². The lowest BCUT2D eigenvalue weighted by Crippen LogP contribution is -2.49. The zero-order chi connectivity index (χ0) is 14.6. The first-order valence-electron chi connectivity index (χ1n) is 6.81. The Morgan fingerprint density at radius 1 is 1.37 bits per heavy atom. The molecule has 2 unspecified atom stereocenters. The summed E-state index contributed by atoms with van der Waals surface area (Å²) in [5.41, 5.74) is 5.73. The predicted molar refractivity (Wildman–Crippen MR) is 75.0 cm³/mol. The molecule has 0 radical (unpaired) electrons. The number of carbonyl (C=O) groups excluding carboxylic acids is 1. The molecule has 0 spiro atoms. The fraction of sp³-hybridized carbons (Fsp3) is 0.917. The summed E-state index contributed by atoms with van der Waals surface area (Å²) in [7, 11) is -3.16. The normalized spacial score (nSPS) is 21.2. The topological polar surface area (TPSA) is 92.5 Å². The van der Waals surface area contributed by atoms with E-state index in [-0.39, 0.29) is 29.7 Å². The van der Waals surface area contributed by atoms with Crippen LogP contribution in [0.1, 0.15) is 33.6 Å². The number of amides is 1. The highest BCUT2D eigenvalue weighted by molar-refractivity contribution is 7.89. The van der Waals surface area contributed by atoms with Crippen molar-refractivity contribution in [3.63, 3.8) is 0 Å². The van der Waals surface area contributed by atoms with Crippen LogP contribution in [0.25, 0.3) is 0 Å². The van der Waals surface area contributed by atoms with Gasteiger partial charge in [0.1, 0.15) is 0 Å². The average molecular weight is 291 g/mol. The molecule has 112 valence electrons. The number of piperidine rings is 1. The van der Waals surface area contributed by atoms with Crippen molar-refractivity contribution in [2.24, 2.45) is 11.7 Å². The highest BCUT2D eigenvalue weighted by atomic mass is 32.2. The number of hydrogen-bond donors (Lipinski definition) is 2. The van der Waals surface area contributed by atoms with Gasteiger partial charge in [0.2, 0.25) is 15.9 Å². The second kappa shape index (κ2) is 6.67. The first-order valence-corrected chi connectivity index (χ1v) is 8.46. The summed E-state index contributed by atoms with van der Waals surface area (Å²) >= 11 is 0. The molecule has 1 rings (SSSR count). The van der Waals surface area contributed by atoms with Gasteiger partial charge in [0.15, 0.2) is 0 Å². The lowest BCUT2D eigenvalue weighted by Gasteiger charge is -2.34. The van der Waals surface area contributed by atoms with E-state index in [4.69, 9.17) is 5.73 Å². The quantitative estimate of drug-likeness (QED) is 0.740. The molecule has 19 heavy (non-hydrogen) atoms. The molecule has 2 atom stereocenters. The van der Waals surface area contributed by atoms with Crippen LogP contribution in [-0.2, 0) is 14.8 Å². The van der Waals surface area contributed by atoms with Crippen molar-refractivity contribution in [2.45, 2.75) is 45.7 Å². The first-order chi connectivity index (χ1) is 8.76. The third-order valence-electron chi connectivity index (χ3n) is 3.71. The van der Waals surface area contributed by atoms with Gasteiger partial charge in [-0.3, -0.25) is 4.79 Å². The van der Waals surface area contributed by atoms with Crippen molar-refractivity contribution in [1.29, 1.82) is 0 Å². The minimum Gasteiger partial charge on any atom is -0.342 e. The maximum atomic E-state index is 12.1. The van der Waals surface area contributed by atoms with Crippen LogP contribution >= 0.6 is 0 Å². The van der Waals surface area contributed by atoms with Crippen LogP contribution in [0, 0.1) is 5.92 Å². The van der Waals surface area contributed by atoms with E-state index in [0.29, 0.717) is 25.9 Å². The van der Waals surface area contributed by atoms with Gasteiger partial charge in [-0.25, -0.2) is 13.1 Å². The van der Waals surface area contributed by atoms with Gasteiger partial charge >= 0.3 is 0 Å². The monoisotopic (exact) mass is 291 g/mol. The number of nitrogens with zero attached hydrogens (tertiary/aromatic N) is 1. The number of sulfonamides is 1. The molecule has 1 aliphatic rings. The third kappa shape index (κ3) is 4.74. The lowest BCUT2D eigenvalue weighted by atomic mass is 10.00. The Hall–Kier alpha value is -0.660. The van der Waals surface area contributed by atoms with E-state index in [1.807, 2.05) is 13.8 Å². The van der Waals surface area contributed by atoms with Crippen molar-refractivity contribution in [3.05, 3.63) is 0 Å². The minimum absolute atomic E-state index is 0.0559. The van der Waals surface area contributed by atoms with Crippen LogP contribution in [-0.4, -0.2) is 50.2 Å². The molecule has 7 heteroatoms. The lowest BCUT2D eigenvalue weighted by molar-refractivity contribution is -0.136. The van der Waals surface area contributed by atoms with E-state index in [0.717, 1.165) is 0 Å². The number of carbonyl (C=O) groups is 1. The number of nitrogens with one attached hydrogen (secondary N) is 1. The second-order valence-corrected chi connectivity index (χ2v) is 7.31. The van der Waals surface area contributed by atoms with Gasteiger partial charge in [0.25, 0.3) is 0 Å². The summed E-state index contributed by atoms with van der Waals surface area (Å²) < 4.78 is 25.6. The zero-order valence-corrected chi connectivity index (χ0v) is 12.7. The molecule has 3 N–H and O–H groups in total. The number of hydrogen-bond acceptors (Lipinski definition) is 4. The second-order valence-electron chi connectivity index (χ2n) is 5.27.